The number of nitrogens with one attached hydrogen (secondary N) is 1. The first-order valence-electron chi connectivity index (χ1n) is 9.93. The Morgan fingerprint density at radius 2 is 1.93 bits per heavy atom. The average Bonchev–Trinajstić information content (AvgIpc) is 2.79. The summed E-state index contributed by atoms with van der Waals surface area (Å²) in [5.41, 5.74) is 9.09. The Bertz CT molecular complexity index is 704. The Labute approximate surface area is 193 Å². The van der Waals surface area contributed by atoms with Crippen LogP contribution in [0.15, 0.2) is 57.6 Å². The molecular formula is C24H38N4S2. The van der Waals surface area contributed by atoms with Crippen molar-refractivity contribution in [2.75, 3.05) is 12.9 Å². The van der Waals surface area contributed by atoms with E-state index in [2.05, 4.69) is 61.1 Å². The lowest BCUT2D eigenvalue weighted by Gasteiger charge is -2.13. The van der Waals surface area contributed by atoms with E-state index in [1.54, 1.807) is 35.9 Å². The van der Waals surface area contributed by atoms with Gasteiger partial charge in [-0.05, 0) is 56.6 Å². The van der Waals surface area contributed by atoms with Gasteiger partial charge in [0.1, 0.15) is 0 Å². The summed E-state index contributed by atoms with van der Waals surface area (Å²) >= 11 is 3.38. The highest BCUT2D eigenvalue weighted by atomic mass is 32.2. The molecule has 0 aliphatic heterocycles. The fourth-order valence-electron chi connectivity index (χ4n) is 1.97. The summed E-state index contributed by atoms with van der Waals surface area (Å²) in [5.74, 6) is 0.810. The summed E-state index contributed by atoms with van der Waals surface area (Å²) in [5, 5.41) is 6.56. The minimum atomic E-state index is 0.329. The quantitative estimate of drug-likeness (QED) is 0.116. The molecule has 1 aromatic heterocycles. The van der Waals surface area contributed by atoms with Crippen molar-refractivity contribution in [3.05, 3.63) is 58.1 Å². The molecule has 30 heavy (non-hydrogen) atoms. The number of nitrogens with two attached hydrogens (primary N) is 1. The van der Waals surface area contributed by atoms with Crippen LogP contribution in [0, 0.1) is 12.8 Å². The molecule has 0 fully saturated rings. The van der Waals surface area contributed by atoms with Crippen LogP contribution in [-0.4, -0.2) is 29.0 Å². The molecule has 1 aromatic rings. The lowest BCUT2D eigenvalue weighted by molar-refractivity contribution is 0.676. The van der Waals surface area contributed by atoms with Gasteiger partial charge in [-0.15, -0.1) is 24.6 Å². The van der Waals surface area contributed by atoms with Gasteiger partial charge in [0.05, 0.1) is 5.04 Å². The summed E-state index contributed by atoms with van der Waals surface area (Å²) in [6, 6.07) is 4.18. The summed E-state index contributed by atoms with van der Waals surface area (Å²) in [4.78, 5) is 9.53. The lowest BCUT2D eigenvalue weighted by atomic mass is 10.1. The van der Waals surface area contributed by atoms with Crippen molar-refractivity contribution in [3.8, 4) is 12.8 Å². The van der Waals surface area contributed by atoms with Crippen LogP contribution in [0.2, 0.25) is 0 Å². The Balaban J connectivity index is 0. The van der Waals surface area contributed by atoms with Gasteiger partial charge in [-0.3, -0.25) is 9.98 Å². The molecule has 166 valence electrons. The monoisotopic (exact) mass is 446 g/mol. The first kappa shape index (κ1) is 30.3. The third kappa shape index (κ3) is 15.0. The van der Waals surface area contributed by atoms with Crippen LogP contribution in [-0.2, 0) is 0 Å². The zero-order chi connectivity index (χ0) is 23.4. The number of rotatable bonds is 9. The van der Waals surface area contributed by atoms with E-state index in [1.165, 1.54) is 10.5 Å². The second kappa shape index (κ2) is 20.3. The maximum atomic E-state index is 6.05. The molecule has 1 heterocycles. The number of pyridine rings is 1. The molecule has 0 aliphatic rings. The predicted molar refractivity (Wildman–Crippen MR) is 141 cm³/mol. The summed E-state index contributed by atoms with van der Waals surface area (Å²) in [6.45, 7) is 12.5. The maximum absolute atomic E-state index is 6.05. The van der Waals surface area contributed by atoms with Gasteiger partial charge in [-0.2, -0.15) is 0 Å². The molecule has 0 bridgehead atoms. The fraction of sp³-hybridized carbons (Fsp3) is 0.417. The van der Waals surface area contributed by atoms with Crippen LogP contribution in [0.1, 0.15) is 53.5 Å². The second-order valence-corrected chi connectivity index (χ2v) is 8.19. The van der Waals surface area contributed by atoms with Crippen LogP contribution in [0.5, 0.6) is 0 Å². The van der Waals surface area contributed by atoms with Gasteiger partial charge in [-0.1, -0.05) is 43.3 Å². The zero-order valence-electron chi connectivity index (χ0n) is 19.5. The minimum Gasteiger partial charge on any atom is -0.398 e. The third-order valence-electron chi connectivity index (χ3n) is 3.83. The number of hydrogen-bond acceptors (Lipinski definition) is 6. The Morgan fingerprint density at radius 1 is 1.27 bits per heavy atom. The van der Waals surface area contributed by atoms with Crippen molar-refractivity contribution in [3.63, 3.8) is 0 Å². The van der Waals surface area contributed by atoms with Gasteiger partial charge < -0.3 is 11.1 Å². The number of terminal acetylenes is 1. The Morgan fingerprint density at radius 3 is 2.50 bits per heavy atom. The molecule has 3 N–H and O–H groups in total. The SMILES string of the molecule is C#C.CC.CN=C(C)S/C(C)=C/C/C=C(\C)C(C)NCS/C=C(\N)c1cccnc1. The van der Waals surface area contributed by atoms with Gasteiger partial charge in [0.25, 0.3) is 0 Å². The molecule has 4 nitrogen and oxygen atoms in total. The van der Waals surface area contributed by atoms with Crippen LogP contribution >= 0.6 is 23.5 Å². The number of aromatic nitrogens is 1. The van der Waals surface area contributed by atoms with Gasteiger partial charge >= 0.3 is 0 Å². The van der Waals surface area contributed by atoms with Crippen LogP contribution in [0.4, 0.5) is 0 Å². The summed E-state index contributed by atoms with van der Waals surface area (Å²) in [6.07, 6.45) is 17.0. The van der Waals surface area contributed by atoms with E-state index in [1.807, 2.05) is 45.4 Å². The van der Waals surface area contributed by atoms with E-state index in [4.69, 9.17) is 5.73 Å². The number of hydrogen-bond donors (Lipinski definition) is 2. The highest BCUT2D eigenvalue weighted by Crippen LogP contribution is 2.18. The molecule has 0 saturated carbocycles. The average molecular weight is 447 g/mol. The molecule has 0 aromatic carbocycles. The zero-order valence-corrected chi connectivity index (χ0v) is 21.1. The maximum Gasteiger partial charge on any atom is 0.0685 e. The highest BCUT2D eigenvalue weighted by Gasteiger charge is 2.02. The first-order chi connectivity index (χ1) is 14.4. The first-order valence-corrected chi connectivity index (χ1v) is 11.8. The second-order valence-electron chi connectivity index (χ2n) is 5.90. The largest absolute Gasteiger partial charge is 0.398 e. The van der Waals surface area contributed by atoms with Crippen molar-refractivity contribution in [2.24, 2.45) is 10.7 Å². The van der Waals surface area contributed by atoms with E-state index in [-0.39, 0.29) is 0 Å². The van der Waals surface area contributed by atoms with Gasteiger partial charge in [0.2, 0.25) is 0 Å². The molecular weight excluding hydrogens is 408 g/mol. The van der Waals surface area contributed by atoms with Crippen molar-refractivity contribution in [1.82, 2.24) is 10.3 Å². The van der Waals surface area contributed by atoms with Crippen LogP contribution < -0.4 is 11.1 Å². The topological polar surface area (TPSA) is 63.3 Å². The molecule has 0 spiro atoms. The van der Waals surface area contributed by atoms with Crippen molar-refractivity contribution in [1.29, 1.82) is 0 Å². The van der Waals surface area contributed by atoms with Gasteiger partial charge in [-0.25, -0.2) is 0 Å². The Kier molecular flexibility index (Phi) is 20.5. The number of allylic oxidation sites excluding steroid dienone is 3. The molecule has 6 heteroatoms. The van der Waals surface area contributed by atoms with Crippen molar-refractivity contribution in [2.45, 2.75) is 54.0 Å². The number of thioether (sulfide) groups is 2. The van der Waals surface area contributed by atoms with Crippen LogP contribution in [0.25, 0.3) is 5.70 Å². The van der Waals surface area contributed by atoms with Gasteiger partial charge in [0.15, 0.2) is 0 Å². The predicted octanol–water partition coefficient (Wildman–Crippen LogP) is 6.30. The minimum absolute atomic E-state index is 0.329. The van der Waals surface area contributed by atoms with Crippen molar-refractivity contribution < 1.29 is 0 Å². The summed E-state index contributed by atoms with van der Waals surface area (Å²) in [7, 11) is 1.82. The van der Waals surface area contributed by atoms with Crippen LogP contribution in [0.3, 0.4) is 0 Å². The molecule has 1 atom stereocenters. The van der Waals surface area contributed by atoms with E-state index in [0.717, 1.165) is 28.6 Å². The van der Waals surface area contributed by atoms with E-state index >= 15 is 0 Å². The Hall–Kier alpha value is -1.94. The summed E-state index contributed by atoms with van der Waals surface area (Å²) < 4.78 is 0. The van der Waals surface area contributed by atoms with Gasteiger partial charge in [0, 0.05) is 42.6 Å². The third-order valence-corrected chi connectivity index (χ3v) is 5.55. The van der Waals surface area contributed by atoms with E-state index in [0.29, 0.717) is 6.04 Å². The van der Waals surface area contributed by atoms with E-state index in [9.17, 15) is 0 Å². The molecule has 0 saturated heterocycles. The molecule has 0 aliphatic carbocycles. The number of aliphatic imine (C=N–C) groups is 1. The van der Waals surface area contributed by atoms with E-state index < -0.39 is 0 Å². The highest BCUT2D eigenvalue weighted by molar-refractivity contribution is 8.17. The molecule has 0 radical (unpaired) electrons. The fourth-order valence-corrected chi connectivity index (χ4v) is 3.46. The van der Waals surface area contributed by atoms with Crippen molar-refractivity contribution >= 4 is 34.3 Å². The number of nitrogens with zero attached hydrogens (tertiary/aromatic N) is 2. The lowest BCUT2D eigenvalue weighted by Crippen LogP contribution is -2.26. The standard InChI is InChI=1S/C20H30N4S2.C2H6.C2H2/c1-15(8-6-9-16(2)26-18(4)22-5)17(3)24-14-25-13-20(21)19-10-7-11-23-12-19;2*1-2/h7-13,17,24H,6,14,21H2,1-5H3;1-2H3;1-2H/b15-8+,16-9+,20-13-,22-18?;;. The molecule has 1 unspecified atom stereocenters. The normalized spacial score (nSPS) is 13.5. The smallest absolute Gasteiger partial charge is 0.0685 e. The molecule has 1 rings (SSSR count). The molecule has 0 amide bonds.